The minimum atomic E-state index is -0.610. The van der Waals surface area contributed by atoms with E-state index in [2.05, 4.69) is 9.98 Å². The van der Waals surface area contributed by atoms with Gasteiger partial charge in [0.25, 0.3) is 0 Å². The van der Waals surface area contributed by atoms with Crippen LogP contribution >= 0.6 is 0 Å². The number of carbonyl (C=O) groups is 2. The topological polar surface area (TPSA) is 121 Å². The normalized spacial score (nSPS) is 16.8. The fraction of sp³-hybridized carbons (Fsp3) is 0.200. The van der Waals surface area contributed by atoms with Crippen molar-refractivity contribution in [1.29, 1.82) is 0 Å². The molecule has 2 aliphatic rings. The molecule has 2 atom stereocenters. The van der Waals surface area contributed by atoms with Crippen molar-refractivity contribution >= 4 is 35.7 Å². The predicted octanol–water partition coefficient (Wildman–Crippen LogP) is 5.71. The van der Waals surface area contributed by atoms with Gasteiger partial charge in [-0.15, -0.1) is 0 Å². The Balaban J connectivity index is 0.912. The van der Waals surface area contributed by atoms with Gasteiger partial charge >= 0.3 is 11.9 Å². The van der Waals surface area contributed by atoms with Crippen molar-refractivity contribution in [1.82, 2.24) is 0 Å². The van der Waals surface area contributed by atoms with E-state index in [-0.39, 0.29) is 12.2 Å². The van der Waals surface area contributed by atoms with Gasteiger partial charge in [-0.2, -0.15) is 0 Å². The molecule has 2 fully saturated rings. The molecule has 10 heteroatoms. The van der Waals surface area contributed by atoms with E-state index in [4.69, 9.17) is 28.4 Å². The van der Waals surface area contributed by atoms with Gasteiger partial charge in [-0.25, -0.2) is 9.59 Å². The number of nitrogens with zero attached hydrogens (tertiary/aromatic N) is 2. The number of carbonyl (C=O) groups excluding carboxylic acids is 2. The molecule has 4 aromatic rings. The second-order valence-electron chi connectivity index (χ2n) is 10.3. The van der Waals surface area contributed by atoms with Crippen LogP contribution in [0.3, 0.4) is 0 Å². The third kappa shape index (κ3) is 9.33. The highest BCUT2D eigenvalue weighted by Gasteiger charge is 2.23. The molecule has 2 aliphatic heterocycles. The third-order valence-corrected chi connectivity index (χ3v) is 6.75. The molecule has 0 radical (unpaired) electrons. The van der Waals surface area contributed by atoms with Crippen LogP contribution in [0.2, 0.25) is 0 Å². The van der Waals surface area contributed by atoms with Crippen molar-refractivity contribution in [3.05, 3.63) is 119 Å². The highest BCUT2D eigenvalue weighted by Crippen LogP contribution is 2.21. The lowest BCUT2D eigenvalue weighted by Crippen LogP contribution is -2.13. The van der Waals surface area contributed by atoms with E-state index in [1.165, 1.54) is 0 Å². The van der Waals surface area contributed by atoms with Crippen LogP contribution in [0.15, 0.2) is 107 Å². The van der Waals surface area contributed by atoms with Gasteiger partial charge in [-0.3, -0.25) is 9.98 Å². The van der Waals surface area contributed by atoms with Crippen LogP contribution in [-0.4, -0.2) is 69.8 Å². The zero-order valence-electron chi connectivity index (χ0n) is 24.2. The molecule has 6 rings (SSSR count). The Kier molecular flexibility index (Phi) is 9.54. The molecule has 0 spiro atoms. The number of ether oxygens (including phenoxy) is 6. The molecular formula is C35H30N2O8. The summed E-state index contributed by atoms with van der Waals surface area (Å²) in [6.45, 7) is 2.10. The summed E-state index contributed by atoms with van der Waals surface area (Å²) < 4.78 is 31.8. The average Bonchev–Trinajstić information content (AvgIpc) is 4.02. The molecule has 0 aliphatic carbocycles. The Bertz CT molecular complexity index is 1520. The smallest absolute Gasteiger partial charge is 0.340 e. The highest BCUT2D eigenvalue weighted by atomic mass is 16.7. The van der Waals surface area contributed by atoms with Crippen molar-refractivity contribution in [3.63, 3.8) is 0 Å². The van der Waals surface area contributed by atoms with Gasteiger partial charge in [-0.1, -0.05) is 24.3 Å². The monoisotopic (exact) mass is 606 g/mol. The first kappa shape index (κ1) is 29.7. The molecule has 0 N–H and O–H groups in total. The quantitative estimate of drug-likeness (QED) is 0.0774. The van der Waals surface area contributed by atoms with Crippen LogP contribution in [0.5, 0.6) is 11.5 Å². The highest BCUT2D eigenvalue weighted by molar-refractivity contribution is 5.92. The predicted molar refractivity (Wildman–Crippen MR) is 166 cm³/mol. The summed E-state index contributed by atoms with van der Waals surface area (Å²) in [7, 11) is 0. The number of aliphatic imine (C=N–C) groups is 2. The molecule has 2 unspecified atom stereocenters. The van der Waals surface area contributed by atoms with Crippen LogP contribution < -0.4 is 9.47 Å². The Morgan fingerprint density at radius 2 is 0.978 bits per heavy atom. The van der Waals surface area contributed by atoms with E-state index in [0.717, 1.165) is 47.2 Å². The molecule has 45 heavy (non-hydrogen) atoms. The SMILES string of the molecule is O=C(OCOC(=O)c1ccc(C=Nc2ccc(OCC3CO3)cc2)cc1)c1ccc(C=Nc2ccc(OCC3CO3)cc2)cc1. The summed E-state index contributed by atoms with van der Waals surface area (Å²) >= 11 is 0. The summed E-state index contributed by atoms with van der Waals surface area (Å²) in [5, 5.41) is 0. The maximum atomic E-state index is 12.4. The maximum Gasteiger partial charge on any atom is 0.340 e. The number of epoxide rings is 2. The summed E-state index contributed by atoms with van der Waals surface area (Å²) in [5.41, 5.74) is 3.79. The first-order valence-electron chi connectivity index (χ1n) is 14.4. The number of rotatable bonds is 14. The zero-order valence-corrected chi connectivity index (χ0v) is 24.2. The summed E-state index contributed by atoms with van der Waals surface area (Å²) in [5.74, 6) is 0.311. The van der Waals surface area contributed by atoms with Crippen molar-refractivity contribution in [2.75, 3.05) is 33.2 Å². The minimum absolute atomic E-state index is 0.206. The summed E-state index contributed by atoms with van der Waals surface area (Å²) in [6, 6.07) is 28.4. The lowest BCUT2D eigenvalue weighted by atomic mass is 10.1. The number of hydrogen-bond acceptors (Lipinski definition) is 10. The lowest BCUT2D eigenvalue weighted by Gasteiger charge is -2.07. The van der Waals surface area contributed by atoms with Gasteiger partial charge in [0.2, 0.25) is 6.79 Å². The molecule has 0 saturated carbocycles. The molecule has 0 bridgehead atoms. The Morgan fingerprint density at radius 1 is 0.600 bits per heavy atom. The largest absolute Gasteiger partial charge is 0.491 e. The fourth-order valence-electron chi connectivity index (χ4n) is 3.98. The minimum Gasteiger partial charge on any atom is -0.491 e. The van der Waals surface area contributed by atoms with Crippen LogP contribution in [0, 0.1) is 0 Å². The Morgan fingerprint density at radius 3 is 1.33 bits per heavy atom. The molecule has 2 saturated heterocycles. The second kappa shape index (κ2) is 14.4. The number of hydrogen-bond donors (Lipinski definition) is 0. The first-order valence-corrected chi connectivity index (χ1v) is 14.4. The van der Waals surface area contributed by atoms with E-state index in [1.54, 1.807) is 61.0 Å². The molecular weight excluding hydrogens is 576 g/mol. The molecule has 228 valence electrons. The van der Waals surface area contributed by atoms with E-state index in [1.807, 2.05) is 48.5 Å². The molecule has 4 aromatic carbocycles. The van der Waals surface area contributed by atoms with Gasteiger partial charge in [-0.05, 0) is 83.9 Å². The number of benzene rings is 4. The van der Waals surface area contributed by atoms with Gasteiger partial charge in [0.05, 0.1) is 35.7 Å². The molecule has 10 nitrogen and oxygen atoms in total. The van der Waals surface area contributed by atoms with Crippen LogP contribution in [0.4, 0.5) is 11.4 Å². The van der Waals surface area contributed by atoms with Crippen molar-refractivity contribution in [2.24, 2.45) is 9.98 Å². The molecule has 0 amide bonds. The van der Waals surface area contributed by atoms with Crippen molar-refractivity contribution in [3.8, 4) is 11.5 Å². The van der Waals surface area contributed by atoms with Gasteiger partial charge in [0, 0.05) is 12.4 Å². The summed E-state index contributed by atoms with van der Waals surface area (Å²) in [6.07, 6.45) is 3.80. The van der Waals surface area contributed by atoms with Crippen LogP contribution in [0.25, 0.3) is 0 Å². The Hall–Kier alpha value is -5.32. The third-order valence-electron chi connectivity index (χ3n) is 6.75. The molecule has 2 heterocycles. The number of esters is 2. The average molecular weight is 607 g/mol. The van der Waals surface area contributed by atoms with E-state index >= 15 is 0 Å². The lowest BCUT2D eigenvalue weighted by molar-refractivity contribution is -0.0167. The summed E-state index contributed by atoms with van der Waals surface area (Å²) in [4.78, 5) is 33.7. The molecule has 0 aromatic heterocycles. The van der Waals surface area contributed by atoms with Crippen LogP contribution in [-0.2, 0) is 18.9 Å². The van der Waals surface area contributed by atoms with E-state index < -0.39 is 18.7 Å². The fourth-order valence-corrected chi connectivity index (χ4v) is 3.98. The van der Waals surface area contributed by atoms with Crippen LogP contribution in [0.1, 0.15) is 31.8 Å². The van der Waals surface area contributed by atoms with Gasteiger partial charge in [0.1, 0.15) is 36.9 Å². The first-order chi connectivity index (χ1) is 22.1. The van der Waals surface area contributed by atoms with Gasteiger partial charge in [0.15, 0.2) is 0 Å². The zero-order chi connectivity index (χ0) is 30.8. The van der Waals surface area contributed by atoms with E-state index in [0.29, 0.717) is 24.3 Å². The van der Waals surface area contributed by atoms with Crippen molar-refractivity contribution in [2.45, 2.75) is 12.2 Å². The Labute approximate surface area is 259 Å². The maximum absolute atomic E-state index is 12.4. The standard InChI is InChI=1S/C35H30N2O8/c38-34(26-5-1-24(2-6-26)17-36-28-9-13-30(14-10-28)40-19-32-21-42-32)44-23-45-35(39)27-7-3-25(4-8-27)18-37-29-11-15-31(16-12-29)41-20-33-22-43-33/h1-18,32-33H,19-23H2. The van der Waals surface area contributed by atoms with Gasteiger partial charge < -0.3 is 28.4 Å². The second-order valence-corrected chi connectivity index (χ2v) is 10.3. The van der Waals surface area contributed by atoms with Crippen molar-refractivity contribution < 1.29 is 38.0 Å². The van der Waals surface area contributed by atoms with E-state index in [9.17, 15) is 9.59 Å².